The molecule has 0 saturated carbocycles. The fourth-order valence-corrected chi connectivity index (χ4v) is 4.83. The van der Waals surface area contributed by atoms with Gasteiger partial charge in [0, 0.05) is 25.4 Å². The van der Waals surface area contributed by atoms with Crippen molar-refractivity contribution < 1.29 is 21.9 Å². The van der Waals surface area contributed by atoms with Gasteiger partial charge in [-0.3, -0.25) is 0 Å². The van der Waals surface area contributed by atoms with Crippen molar-refractivity contribution in [3.63, 3.8) is 0 Å². The molecule has 0 fully saturated rings. The fourth-order valence-electron chi connectivity index (χ4n) is 1.61. The van der Waals surface area contributed by atoms with E-state index in [9.17, 15) is 16.8 Å². The van der Waals surface area contributed by atoms with Crippen molar-refractivity contribution in [1.82, 2.24) is 4.31 Å². The molecule has 0 spiro atoms. The van der Waals surface area contributed by atoms with E-state index in [2.05, 4.69) is 11.8 Å². The van der Waals surface area contributed by atoms with Gasteiger partial charge in [-0.05, 0) is 11.6 Å². The number of rotatable bonds is 5. The van der Waals surface area contributed by atoms with Crippen LogP contribution in [-0.2, 0) is 26.4 Å². The molecule has 0 aliphatic carbocycles. The third-order valence-corrected chi connectivity index (χ3v) is 6.53. The van der Waals surface area contributed by atoms with E-state index in [1.807, 2.05) is 0 Å². The summed E-state index contributed by atoms with van der Waals surface area (Å²) in [6, 6.07) is 6.88. The van der Waals surface area contributed by atoms with Gasteiger partial charge >= 0.3 is 0 Å². The lowest BCUT2D eigenvalue weighted by molar-refractivity contribution is 0.350. The highest BCUT2D eigenvalue weighted by molar-refractivity contribution is 8.06. The van der Waals surface area contributed by atoms with E-state index in [-0.39, 0.29) is 13.2 Å². The summed E-state index contributed by atoms with van der Waals surface area (Å²) >= 11 is 0. The number of aliphatic hydroxyl groups excluding tert-OH is 1. The van der Waals surface area contributed by atoms with E-state index in [0.717, 1.165) is 10.6 Å². The number of nitrogens with zero attached hydrogens (tertiary/aromatic N) is 1. The van der Waals surface area contributed by atoms with Gasteiger partial charge < -0.3 is 5.11 Å². The molecule has 1 aromatic rings. The Bertz CT molecular complexity index is 757. The van der Waals surface area contributed by atoms with Gasteiger partial charge in [-0.15, -0.1) is 0 Å². The first-order chi connectivity index (χ1) is 9.65. The van der Waals surface area contributed by atoms with E-state index in [4.69, 9.17) is 5.11 Å². The molecule has 116 valence electrons. The third kappa shape index (κ3) is 5.85. The predicted octanol–water partition coefficient (Wildman–Crippen LogP) is -0.206. The lowest BCUT2D eigenvalue weighted by Crippen LogP contribution is -2.31. The van der Waals surface area contributed by atoms with Crippen LogP contribution >= 0.6 is 0 Å². The Kier molecular flexibility index (Phi) is 5.92. The van der Waals surface area contributed by atoms with Crippen LogP contribution in [0, 0.1) is 11.8 Å². The van der Waals surface area contributed by atoms with E-state index < -0.39 is 24.9 Å². The van der Waals surface area contributed by atoms with Gasteiger partial charge in [0.15, 0.2) is 14.9 Å². The molecule has 0 aromatic heterocycles. The predicted molar refractivity (Wildman–Crippen MR) is 80.5 cm³/mol. The summed E-state index contributed by atoms with van der Waals surface area (Å²) in [5.74, 6) is 5.23. The van der Waals surface area contributed by atoms with Crippen molar-refractivity contribution in [1.29, 1.82) is 0 Å². The fraction of sp³-hybridized carbons (Fsp3) is 0.385. The Morgan fingerprint density at radius 3 is 2.38 bits per heavy atom. The zero-order valence-corrected chi connectivity index (χ0v) is 13.4. The molecule has 1 rings (SSSR count). The van der Waals surface area contributed by atoms with Crippen LogP contribution in [0.2, 0.25) is 0 Å². The summed E-state index contributed by atoms with van der Waals surface area (Å²) in [5, 5.41) is 7.78. The zero-order valence-electron chi connectivity index (χ0n) is 11.8. The quantitative estimate of drug-likeness (QED) is 0.754. The second-order valence-corrected chi connectivity index (χ2v) is 9.11. The largest absolute Gasteiger partial charge is 0.384 e. The Balaban J connectivity index is 3.01. The maximum Gasteiger partial charge on any atom is 0.228 e. The maximum atomic E-state index is 11.9. The van der Waals surface area contributed by atoms with Crippen LogP contribution < -0.4 is 0 Å². The molecule has 0 bridgehead atoms. The van der Waals surface area contributed by atoms with E-state index >= 15 is 0 Å². The summed E-state index contributed by atoms with van der Waals surface area (Å²) in [4.78, 5) is 0. The number of sulfonamides is 1. The second kappa shape index (κ2) is 7.04. The normalized spacial score (nSPS) is 12.0. The van der Waals surface area contributed by atoms with E-state index in [1.165, 1.54) is 7.05 Å². The lowest BCUT2D eigenvalue weighted by atomic mass is 10.1. The van der Waals surface area contributed by atoms with Crippen molar-refractivity contribution in [2.75, 3.05) is 25.0 Å². The highest BCUT2D eigenvalue weighted by atomic mass is 32.3. The molecule has 0 saturated heterocycles. The minimum Gasteiger partial charge on any atom is -0.384 e. The van der Waals surface area contributed by atoms with Crippen LogP contribution in [-0.4, -0.2) is 51.2 Å². The summed E-state index contributed by atoms with van der Waals surface area (Å²) in [5.41, 5.74) is 1.23. The number of hydrogen-bond acceptors (Lipinski definition) is 5. The first-order valence-corrected chi connectivity index (χ1v) is 9.62. The minimum atomic E-state index is -3.91. The van der Waals surface area contributed by atoms with Crippen molar-refractivity contribution in [2.24, 2.45) is 0 Å². The molecule has 1 aromatic carbocycles. The Hall–Kier alpha value is -1.40. The van der Waals surface area contributed by atoms with Crippen LogP contribution in [0.3, 0.4) is 0 Å². The van der Waals surface area contributed by atoms with Crippen LogP contribution in [0.15, 0.2) is 24.3 Å². The van der Waals surface area contributed by atoms with E-state index in [1.54, 1.807) is 24.3 Å². The number of benzene rings is 1. The molecule has 6 nitrogen and oxygen atoms in total. The standard InChI is InChI=1S/C13H17NO5S2/c1-14(21(18,19)11-20(2,16)17)10-13-7-4-3-6-12(13)8-5-9-15/h3-4,6-7,15H,9-11H2,1-2H3. The molecular weight excluding hydrogens is 314 g/mol. The van der Waals surface area contributed by atoms with E-state index in [0.29, 0.717) is 11.1 Å². The topological polar surface area (TPSA) is 91.8 Å². The first kappa shape index (κ1) is 17.7. The number of aliphatic hydroxyl groups is 1. The first-order valence-electron chi connectivity index (χ1n) is 5.95. The molecule has 0 aliphatic heterocycles. The average molecular weight is 331 g/mol. The Morgan fingerprint density at radius 1 is 1.19 bits per heavy atom. The molecular formula is C13H17NO5S2. The van der Waals surface area contributed by atoms with Crippen LogP contribution in [0.1, 0.15) is 11.1 Å². The molecule has 0 radical (unpaired) electrons. The smallest absolute Gasteiger partial charge is 0.228 e. The molecule has 0 amide bonds. The monoisotopic (exact) mass is 331 g/mol. The molecule has 21 heavy (non-hydrogen) atoms. The number of sulfone groups is 1. The zero-order chi connectivity index (χ0) is 16.1. The van der Waals surface area contributed by atoms with Gasteiger partial charge in [0.05, 0.1) is 0 Å². The summed E-state index contributed by atoms with van der Waals surface area (Å²) in [6.07, 6.45) is 0.874. The second-order valence-electron chi connectivity index (χ2n) is 4.53. The lowest BCUT2D eigenvalue weighted by Gasteiger charge is -2.17. The van der Waals surface area contributed by atoms with Gasteiger partial charge in [0.25, 0.3) is 0 Å². The summed E-state index contributed by atoms with van der Waals surface area (Å²) in [7, 11) is -6.22. The van der Waals surface area contributed by atoms with Gasteiger partial charge in [-0.1, -0.05) is 30.0 Å². The molecule has 0 aliphatic rings. The summed E-state index contributed by atoms with van der Waals surface area (Å²) < 4.78 is 47.2. The van der Waals surface area contributed by atoms with Gasteiger partial charge in [-0.25, -0.2) is 16.8 Å². The van der Waals surface area contributed by atoms with Crippen molar-refractivity contribution >= 4 is 19.9 Å². The summed E-state index contributed by atoms with van der Waals surface area (Å²) in [6.45, 7) is -0.287. The highest BCUT2D eigenvalue weighted by Crippen LogP contribution is 2.13. The number of hydrogen-bond donors (Lipinski definition) is 1. The Labute approximate surface area is 125 Å². The van der Waals surface area contributed by atoms with Crippen LogP contribution in [0.25, 0.3) is 0 Å². The Morgan fingerprint density at radius 2 is 1.81 bits per heavy atom. The van der Waals surface area contributed by atoms with Gasteiger partial charge in [-0.2, -0.15) is 4.31 Å². The minimum absolute atomic E-state index is 0.00807. The molecule has 1 N–H and O–H groups in total. The van der Waals surface area contributed by atoms with Crippen molar-refractivity contribution in [3.8, 4) is 11.8 Å². The third-order valence-electron chi connectivity index (χ3n) is 2.55. The van der Waals surface area contributed by atoms with Crippen LogP contribution in [0.5, 0.6) is 0 Å². The maximum absolute atomic E-state index is 11.9. The van der Waals surface area contributed by atoms with Crippen molar-refractivity contribution in [3.05, 3.63) is 35.4 Å². The SMILES string of the molecule is CN(Cc1ccccc1C#CCO)S(=O)(=O)CS(C)(=O)=O. The molecule has 0 atom stereocenters. The molecule has 8 heteroatoms. The highest BCUT2D eigenvalue weighted by Gasteiger charge is 2.23. The van der Waals surface area contributed by atoms with Gasteiger partial charge in [0.1, 0.15) is 6.61 Å². The molecule has 0 unspecified atom stereocenters. The average Bonchev–Trinajstić information content (AvgIpc) is 2.35. The van der Waals surface area contributed by atoms with Gasteiger partial charge in [0.2, 0.25) is 10.0 Å². The molecule has 0 heterocycles. The van der Waals surface area contributed by atoms with Crippen LogP contribution in [0.4, 0.5) is 0 Å². The van der Waals surface area contributed by atoms with Crippen molar-refractivity contribution in [2.45, 2.75) is 6.54 Å².